The topological polar surface area (TPSA) is 92.5 Å². The molecule has 2 aromatic carbocycles. The van der Waals surface area contributed by atoms with Crippen LogP contribution in [0.3, 0.4) is 0 Å². The van der Waals surface area contributed by atoms with Crippen molar-refractivity contribution in [1.82, 2.24) is 0 Å². The van der Waals surface area contributed by atoms with Crippen LogP contribution < -0.4 is 5.32 Å². The fourth-order valence-corrected chi connectivity index (χ4v) is 3.97. The third-order valence-electron chi connectivity index (χ3n) is 5.08. The Morgan fingerprint density at radius 2 is 2.00 bits per heavy atom. The first-order valence-electron chi connectivity index (χ1n) is 8.10. The van der Waals surface area contributed by atoms with Gasteiger partial charge in [-0.3, -0.25) is 10.1 Å². The molecule has 0 bridgehead atoms. The zero-order valence-corrected chi connectivity index (χ0v) is 13.3. The molecule has 6 heteroatoms. The Balaban J connectivity index is 1.81. The van der Waals surface area contributed by atoms with Gasteiger partial charge in [0.25, 0.3) is 5.69 Å². The second-order valence-electron chi connectivity index (χ2n) is 6.40. The summed E-state index contributed by atoms with van der Waals surface area (Å²) in [6.07, 6.45) is 4.95. The summed E-state index contributed by atoms with van der Waals surface area (Å²) in [6, 6.07) is 11.7. The number of hydrogen-bond donors (Lipinski definition) is 2. The smallest absolute Gasteiger partial charge is 0.336 e. The summed E-state index contributed by atoms with van der Waals surface area (Å²) in [5, 5.41) is 24.0. The zero-order valence-electron chi connectivity index (χ0n) is 13.3. The van der Waals surface area contributed by atoms with Crippen molar-refractivity contribution in [1.29, 1.82) is 0 Å². The number of anilines is 1. The van der Waals surface area contributed by atoms with Crippen LogP contribution in [0.1, 0.15) is 39.9 Å². The third-order valence-corrected chi connectivity index (χ3v) is 5.08. The van der Waals surface area contributed by atoms with Crippen molar-refractivity contribution >= 4 is 17.3 Å². The number of nitro benzene ring substituents is 1. The number of nitrogens with one attached hydrogen (secondary N) is 1. The number of fused-ring (bicyclic) bond motifs is 3. The SMILES string of the molecule is O=C(O)c1ccccc1[C@@H]1Nc2ccc([N+](=O)[O-])cc2[C@@H]2C=CC[C@H]21. The number of benzene rings is 2. The van der Waals surface area contributed by atoms with Crippen LogP contribution in [0.25, 0.3) is 0 Å². The summed E-state index contributed by atoms with van der Waals surface area (Å²) in [5.41, 5.74) is 2.83. The Labute approximate surface area is 144 Å². The lowest BCUT2D eigenvalue weighted by atomic mass is 9.76. The molecule has 25 heavy (non-hydrogen) atoms. The third kappa shape index (κ3) is 2.46. The van der Waals surface area contributed by atoms with Crippen LogP contribution in [0.2, 0.25) is 0 Å². The van der Waals surface area contributed by atoms with Crippen LogP contribution in [-0.4, -0.2) is 16.0 Å². The molecular formula is C19H16N2O4. The van der Waals surface area contributed by atoms with E-state index in [0.717, 1.165) is 23.2 Å². The van der Waals surface area contributed by atoms with Gasteiger partial charge in [0.05, 0.1) is 16.5 Å². The maximum atomic E-state index is 11.6. The molecule has 1 heterocycles. The predicted octanol–water partition coefficient (Wildman–Crippen LogP) is 4.12. The van der Waals surface area contributed by atoms with Crippen LogP contribution in [0.4, 0.5) is 11.4 Å². The van der Waals surface area contributed by atoms with Gasteiger partial charge in [-0.2, -0.15) is 0 Å². The van der Waals surface area contributed by atoms with E-state index in [9.17, 15) is 20.0 Å². The number of nitrogens with zero attached hydrogens (tertiary/aromatic N) is 1. The van der Waals surface area contributed by atoms with Gasteiger partial charge in [-0.15, -0.1) is 0 Å². The molecule has 1 aliphatic heterocycles. The van der Waals surface area contributed by atoms with E-state index in [4.69, 9.17) is 0 Å². The largest absolute Gasteiger partial charge is 0.478 e. The van der Waals surface area contributed by atoms with E-state index in [2.05, 4.69) is 17.5 Å². The number of non-ortho nitro benzene ring substituents is 1. The van der Waals surface area contributed by atoms with Crippen LogP contribution in [0.15, 0.2) is 54.6 Å². The van der Waals surface area contributed by atoms with E-state index in [1.54, 1.807) is 24.3 Å². The van der Waals surface area contributed by atoms with Crippen molar-refractivity contribution in [3.63, 3.8) is 0 Å². The fourth-order valence-electron chi connectivity index (χ4n) is 3.97. The average Bonchev–Trinajstić information content (AvgIpc) is 3.10. The molecule has 0 amide bonds. The van der Waals surface area contributed by atoms with E-state index in [1.165, 1.54) is 6.07 Å². The minimum atomic E-state index is -0.950. The Morgan fingerprint density at radius 3 is 2.76 bits per heavy atom. The highest BCUT2D eigenvalue weighted by atomic mass is 16.6. The first-order valence-corrected chi connectivity index (χ1v) is 8.10. The van der Waals surface area contributed by atoms with Gasteiger partial charge in [-0.05, 0) is 35.6 Å². The van der Waals surface area contributed by atoms with Gasteiger partial charge in [-0.25, -0.2) is 4.79 Å². The van der Waals surface area contributed by atoms with Crippen LogP contribution in [-0.2, 0) is 0 Å². The second-order valence-corrected chi connectivity index (χ2v) is 6.40. The molecule has 0 spiro atoms. The number of rotatable bonds is 3. The van der Waals surface area contributed by atoms with E-state index in [-0.39, 0.29) is 34.1 Å². The Hall–Kier alpha value is -3.15. The first-order chi connectivity index (χ1) is 12.1. The van der Waals surface area contributed by atoms with E-state index in [0.29, 0.717) is 0 Å². The monoisotopic (exact) mass is 336 g/mol. The van der Waals surface area contributed by atoms with Crippen LogP contribution in [0, 0.1) is 16.0 Å². The average molecular weight is 336 g/mol. The highest BCUT2D eigenvalue weighted by Gasteiger charge is 2.39. The van der Waals surface area contributed by atoms with Crippen molar-refractivity contribution in [2.24, 2.45) is 5.92 Å². The number of carbonyl (C=O) groups is 1. The van der Waals surface area contributed by atoms with Gasteiger partial charge >= 0.3 is 5.97 Å². The molecule has 2 aromatic rings. The standard InChI is InChI=1S/C19H16N2O4/c22-19(23)15-5-2-1-4-14(15)18-13-7-3-6-12(13)16-10-11(21(24)25)8-9-17(16)20-18/h1-6,8-10,12-13,18,20H,7H2,(H,22,23)/t12-,13-,18-/m1/s1. The van der Waals surface area contributed by atoms with Crippen molar-refractivity contribution in [3.8, 4) is 0 Å². The molecule has 2 N–H and O–H groups in total. The number of hydrogen-bond acceptors (Lipinski definition) is 4. The Morgan fingerprint density at radius 1 is 1.20 bits per heavy atom. The molecule has 0 fully saturated rings. The number of nitro groups is 1. The molecular weight excluding hydrogens is 320 g/mol. The maximum absolute atomic E-state index is 11.6. The molecule has 3 atom stereocenters. The van der Waals surface area contributed by atoms with Crippen LogP contribution >= 0.6 is 0 Å². The van der Waals surface area contributed by atoms with Gasteiger partial charge in [0.2, 0.25) is 0 Å². The number of aromatic carboxylic acids is 1. The predicted molar refractivity (Wildman–Crippen MR) is 92.8 cm³/mol. The summed E-state index contributed by atoms with van der Waals surface area (Å²) in [5.74, 6) is -0.771. The number of allylic oxidation sites excluding steroid dienone is 2. The molecule has 1 aliphatic carbocycles. The molecule has 0 aromatic heterocycles. The quantitative estimate of drug-likeness (QED) is 0.500. The summed E-state index contributed by atoms with van der Waals surface area (Å²) in [6.45, 7) is 0. The molecule has 0 radical (unpaired) electrons. The highest BCUT2D eigenvalue weighted by Crippen LogP contribution is 2.50. The van der Waals surface area contributed by atoms with Crippen molar-refractivity contribution < 1.29 is 14.8 Å². The van der Waals surface area contributed by atoms with E-state index < -0.39 is 5.97 Å². The lowest BCUT2D eigenvalue weighted by molar-refractivity contribution is -0.384. The zero-order chi connectivity index (χ0) is 17.6. The second kappa shape index (κ2) is 5.73. The van der Waals surface area contributed by atoms with Gasteiger partial charge in [0.1, 0.15) is 0 Å². The molecule has 126 valence electrons. The van der Waals surface area contributed by atoms with Crippen molar-refractivity contribution in [3.05, 3.63) is 81.4 Å². The van der Waals surface area contributed by atoms with Gasteiger partial charge in [-0.1, -0.05) is 30.4 Å². The van der Waals surface area contributed by atoms with E-state index >= 15 is 0 Å². The van der Waals surface area contributed by atoms with Gasteiger partial charge in [0.15, 0.2) is 0 Å². The van der Waals surface area contributed by atoms with Crippen LogP contribution in [0.5, 0.6) is 0 Å². The molecule has 4 rings (SSSR count). The van der Waals surface area contributed by atoms with Crippen molar-refractivity contribution in [2.75, 3.05) is 5.32 Å². The lowest BCUT2D eigenvalue weighted by Gasteiger charge is -2.37. The fraction of sp³-hybridized carbons (Fsp3) is 0.211. The summed E-state index contributed by atoms with van der Waals surface area (Å²) in [7, 11) is 0. The minimum Gasteiger partial charge on any atom is -0.478 e. The highest BCUT2D eigenvalue weighted by molar-refractivity contribution is 5.90. The number of carboxylic acid groups (broad SMARTS) is 1. The number of carboxylic acids is 1. The summed E-state index contributed by atoms with van der Waals surface area (Å²) < 4.78 is 0. The molecule has 2 aliphatic rings. The molecule has 6 nitrogen and oxygen atoms in total. The van der Waals surface area contributed by atoms with E-state index in [1.807, 2.05) is 12.1 Å². The maximum Gasteiger partial charge on any atom is 0.336 e. The Bertz CT molecular complexity index is 906. The molecule has 0 saturated heterocycles. The molecule has 0 saturated carbocycles. The lowest BCUT2D eigenvalue weighted by Crippen LogP contribution is -2.30. The normalized spacial score (nSPS) is 23.4. The minimum absolute atomic E-state index is 0.0444. The first kappa shape index (κ1) is 15.4. The summed E-state index contributed by atoms with van der Waals surface area (Å²) >= 11 is 0. The molecule has 0 unspecified atom stereocenters. The van der Waals surface area contributed by atoms with Gasteiger partial charge < -0.3 is 10.4 Å². The Kier molecular flexibility index (Phi) is 3.53. The van der Waals surface area contributed by atoms with Gasteiger partial charge in [0, 0.05) is 23.7 Å². The summed E-state index contributed by atoms with van der Waals surface area (Å²) in [4.78, 5) is 22.3. The van der Waals surface area contributed by atoms with Crippen molar-refractivity contribution in [2.45, 2.75) is 18.4 Å².